The summed E-state index contributed by atoms with van der Waals surface area (Å²) in [6.07, 6.45) is -3.05. The summed E-state index contributed by atoms with van der Waals surface area (Å²) in [4.78, 5) is 0. The third-order valence-electron chi connectivity index (χ3n) is 2.05. The molecule has 0 spiro atoms. The van der Waals surface area contributed by atoms with Crippen molar-refractivity contribution in [1.82, 2.24) is 0 Å². The van der Waals surface area contributed by atoms with E-state index >= 15 is 0 Å². The van der Waals surface area contributed by atoms with Crippen molar-refractivity contribution in [2.24, 2.45) is 0 Å². The smallest absolute Gasteiger partial charge is 0.493 e. The molecule has 0 fully saturated rings. The van der Waals surface area contributed by atoms with Gasteiger partial charge in [0.2, 0.25) is 0 Å². The molecule has 0 aliphatic heterocycles. The summed E-state index contributed by atoms with van der Waals surface area (Å²) in [6, 6.07) is 3.74. The van der Waals surface area contributed by atoms with Gasteiger partial charge in [-0.25, -0.2) is 4.39 Å². The molecule has 0 unspecified atom stereocenters. The van der Waals surface area contributed by atoms with Crippen LogP contribution in [0.2, 0.25) is 0 Å². The Labute approximate surface area is 148 Å². The first-order valence-corrected chi connectivity index (χ1v) is 4.93. The summed E-state index contributed by atoms with van der Waals surface area (Å²) in [5.41, 5.74) is -0.789. The molecule has 1 aromatic carbocycles. The Morgan fingerprint density at radius 3 is 1.95 bits per heavy atom. The Hall–Kier alpha value is 0.0413. The van der Waals surface area contributed by atoms with Crippen LogP contribution in [0.1, 0.15) is 6.42 Å². The third-order valence-corrected chi connectivity index (χ3v) is 2.05. The zero-order chi connectivity index (χ0) is 13.8. The second kappa shape index (κ2) is 8.36. The van der Waals surface area contributed by atoms with Gasteiger partial charge >= 0.3 is 64.4 Å². The van der Waals surface area contributed by atoms with Gasteiger partial charge in [-0.3, -0.25) is 0 Å². The van der Waals surface area contributed by atoms with Gasteiger partial charge in [0.1, 0.15) is 5.75 Å². The van der Waals surface area contributed by atoms with E-state index < -0.39 is 30.8 Å². The molecule has 1 nitrogen and oxygen atoms in total. The average Bonchev–Trinajstić information content (AvgIpc) is 2.28. The number of ether oxygens (including phenoxy) is 1. The van der Waals surface area contributed by atoms with Gasteiger partial charge < -0.3 is 17.7 Å². The Bertz CT molecular complexity index is 427. The molecule has 1 aromatic rings. The molecule has 0 aromatic heterocycles. The Balaban J connectivity index is 0.00000324. The molecule has 0 atom stereocenters. The molecule has 9 heteroatoms. The molecule has 19 heavy (non-hydrogen) atoms. The van der Waals surface area contributed by atoms with Gasteiger partial charge in [0.05, 0.1) is 6.61 Å². The fourth-order valence-corrected chi connectivity index (χ4v) is 1.14. The van der Waals surface area contributed by atoms with Crippen LogP contribution in [0.5, 0.6) is 5.75 Å². The van der Waals surface area contributed by atoms with Crippen LogP contribution in [0.3, 0.4) is 0 Å². The molecule has 0 saturated carbocycles. The Kier molecular flexibility index (Phi) is 8.37. The summed E-state index contributed by atoms with van der Waals surface area (Å²) in [5.74, 6) is -1.53. The summed E-state index contributed by atoms with van der Waals surface area (Å²) in [7, 11) is 0. The quantitative estimate of drug-likeness (QED) is 0.571. The van der Waals surface area contributed by atoms with Crippen molar-refractivity contribution < 1.29 is 82.2 Å². The molecule has 0 amide bonds. The van der Waals surface area contributed by atoms with Gasteiger partial charge in [0.25, 0.3) is 0 Å². The molecule has 0 radical (unpaired) electrons. The molecule has 100 valence electrons. The van der Waals surface area contributed by atoms with E-state index in [4.69, 9.17) is 4.74 Å². The minimum Gasteiger partial charge on any atom is -0.493 e. The second-order valence-corrected chi connectivity index (χ2v) is 3.41. The van der Waals surface area contributed by atoms with Crippen LogP contribution < -0.4 is 61.6 Å². The summed E-state index contributed by atoms with van der Waals surface area (Å²) in [6.45, 7) is -5.45. The largest absolute Gasteiger partial charge is 1.00 e. The number of hydrogen-bond donors (Lipinski definition) is 0. The Morgan fingerprint density at radius 1 is 1.00 bits per heavy atom. The van der Waals surface area contributed by atoms with E-state index in [9.17, 15) is 26.1 Å². The number of benzene rings is 1. The second-order valence-electron chi connectivity index (χ2n) is 3.41. The molecule has 0 bridgehead atoms. The maximum Gasteiger partial charge on any atom is 1.00 e. The number of rotatable bonds is 5. The average molecular weight is 308 g/mol. The van der Waals surface area contributed by atoms with Gasteiger partial charge in [0.15, 0.2) is 5.83 Å². The zero-order valence-electron chi connectivity index (χ0n) is 9.98. The molecular formula is C10H8BF6KO. The number of halogens is 6. The minimum absolute atomic E-state index is 0. The molecule has 0 N–H and O–H groups in total. The van der Waals surface area contributed by atoms with E-state index in [0.29, 0.717) is 0 Å². The van der Waals surface area contributed by atoms with E-state index in [1.165, 1.54) is 0 Å². The van der Waals surface area contributed by atoms with Crippen molar-refractivity contribution in [2.75, 3.05) is 6.61 Å². The molecule has 0 aliphatic carbocycles. The molecule has 0 aliphatic rings. The van der Waals surface area contributed by atoms with Crippen LogP contribution in [-0.2, 0) is 0 Å². The monoisotopic (exact) mass is 308 g/mol. The van der Waals surface area contributed by atoms with Crippen LogP contribution >= 0.6 is 0 Å². The van der Waals surface area contributed by atoms with Crippen molar-refractivity contribution >= 4 is 12.4 Å². The standard InChI is InChI=1S/C10H8BF6O.K/c12-9(10(13)14)5-6-18-8-3-1-7(2-4-8)11(15,16)17;/h1-4H,5-6H2;/q-1;+1. The van der Waals surface area contributed by atoms with Crippen LogP contribution in [0, 0.1) is 0 Å². The number of hydrogen-bond acceptors (Lipinski definition) is 1. The predicted octanol–water partition coefficient (Wildman–Crippen LogP) is 0.591. The van der Waals surface area contributed by atoms with Crippen molar-refractivity contribution in [2.45, 2.75) is 6.42 Å². The summed E-state index contributed by atoms with van der Waals surface area (Å²) >= 11 is 0. The van der Waals surface area contributed by atoms with Crippen molar-refractivity contribution in [3.05, 3.63) is 36.2 Å². The molecule has 0 heterocycles. The predicted molar refractivity (Wildman–Crippen MR) is 55.6 cm³/mol. The van der Waals surface area contributed by atoms with Crippen molar-refractivity contribution in [3.8, 4) is 5.75 Å². The first-order valence-electron chi connectivity index (χ1n) is 4.93. The van der Waals surface area contributed by atoms with Gasteiger partial charge in [-0.15, -0.1) is 5.46 Å². The fourth-order valence-electron chi connectivity index (χ4n) is 1.14. The Morgan fingerprint density at radius 2 is 1.53 bits per heavy atom. The molecule has 1 rings (SSSR count). The zero-order valence-corrected chi connectivity index (χ0v) is 13.1. The van der Waals surface area contributed by atoms with E-state index in [2.05, 4.69) is 0 Å². The maximum atomic E-state index is 12.4. The van der Waals surface area contributed by atoms with E-state index in [0.717, 1.165) is 24.3 Å². The third kappa shape index (κ3) is 6.85. The van der Waals surface area contributed by atoms with Gasteiger partial charge in [0, 0.05) is 6.42 Å². The van der Waals surface area contributed by atoms with Crippen LogP contribution in [0.25, 0.3) is 0 Å². The SMILES string of the molecule is FC(F)=C(F)CCOc1ccc([B-](F)(F)F)cc1.[K+]. The van der Waals surface area contributed by atoms with Gasteiger partial charge in [-0.05, 0) is 12.1 Å². The minimum atomic E-state index is -5.08. The van der Waals surface area contributed by atoms with Crippen LogP contribution in [-0.4, -0.2) is 13.6 Å². The van der Waals surface area contributed by atoms with Gasteiger partial charge in [-0.2, -0.15) is 8.78 Å². The van der Waals surface area contributed by atoms with E-state index in [1.807, 2.05) is 0 Å². The van der Waals surface area contributed by atoms with Crippen LogP contribution in [0.4, 0.5) is 26.1 Å². The van der Waals surface area contributed by atoms with Crippen molar-refractivity contribution in [1.29, 1.82) is 0 Å². The fraction of sp³-hybridized carbons (Fsp3) is 0.200. The summed E-state index contributed by atoms with van der Waals surface area (Å²) < 4.78 is 77.3. The van der Waals surface area contributed by atoms with Crippen LogP contribution in [0.15, 0.2) is 36.2 Å². The topological polar surface area (TPSA) is 9.23 Å². The van der Waals surface area contributed by atoms with E-state index in [-0.39, 0.29) is 63.7 Å². The van der Waals surface area contributed by atoms with E-state index in [1.54, 1.807) is 0 Å². The maximum absolute atomic E-state index is 12.4. The molecule has 0 saturated heterocycles. The normalized spacial score (nSPS) is 10.6. The first-order chi connectivity index (χ1) is 8.30. The first kappa shape index (κ1) is 19.0. The van der Waals surface area contributed by atoms with Gasteiger partial charge in [-0.1, -0.05) is 12.1 Å². The molecular weight excluding hydrogens is 300 g/mol. The van der Waals surface area contributed by atoms with Crippen molar-refractivity contribution in [3.63, 3.8) is 0 Å². The summed E-state index contributed by atoms with van der Waals surface area (Å²) in [5, 5.41) is 0.